The van der Waals surface area contributed by atoms with E-state index in [4.69, 9.17) is 0 Å². The molecule has 0 radical (unpaired) electrons. The lowest BCUT2D eigenvalue weighted by Gasteiger charge is -2.39. The standard InChI is InChI=1S/C17H26N4O/c1-14-3-2-10-21(13-14)16(15-4-6-18-7-5-15)17(22)20-11-8-19-9-12-20/h4-7,14,16,19H,2-3,8-13H2,1H3. The Hall–Kier alpha value is -1.46. The third-order valence-electron chi connectivity index (χ3n) is 4.74. The van der Waals surface area contributed by atoms with E-state index in [0.29, 0.717) is 5.92 Å². The molecule has 0 aromatic carbocycles. The highest BCUT2D eigenvalue weighted by molar-refractivity contribution is 5.83. The summed E-state index contributed by atoms with van der Waals surface area (Å²) in [5.74, 6) is 0.913. The van der Waals surface area contributed by atoms with Gasteiger partial charge in [-0.25, -0.2) is 0 Å². The molecular weight excluding hydrogens is 276 g/mol. The van der Waals surface area contributed by atoms with Gasteiger partial charge in [0.1, 0.15) is 6.04 Å². The molecule has 2 unspecified atom stereocenters. The number of aromatic nitrogens is 1. The number of carbonyl (C=O) groups is 1. The zero-order chi connectivity index (χ0) is 15.4. The number of carbonyl (C=O) groups excluding carboxylic acids is 1. The Balaban J connectivity index is 1.83. The van der Waals surface area contributed by atoms with Crippen molar-refractivity contribution < 1.29 is 4.79 Å². The molecule has 2 fully saturated rings. The maximum atomic E-state index is 13.1. The van der Waals surface area contributed by atoms with Gasteiger partial charge in [-0.15, -0.1) is 0 Å². The molecule has 5 nitrogen and oxygen atoms in total. The van der Waals surface area contributed by atoms with Crippen molar-refractivity contribution >= 4 is 5.91 Å². The fraction of sp³-hybridized carbons (Fsp3) is 0.647. The van der Waals surface area contributed by atoms with E-state index in [0.717, 1.165) is 44.8 Å². The zero-order valence-electron chi connectivity index (χ0n) is 13.4. The van der Waals surface area contributed by atoms with Gasteiger partial charge in [0, 0.05) is 45.1 Å². The molecule has 2 aliphatic heterocycles. The summed E-state index contributed by atoms with van der Waals surface area (Å²) in [5.41, 5.74) is 1.08. The van der Waals surface area contributed by atoms with Crippen molar-refractivity contribution in [3.8, 4) is 0 Å². The fourth-order valence-corrected chi connectivity index (χ4v) is 3.57. The van der Waals surface area contributed by atoms with Gasteiger partial charge in [-0.1, -0.05) is 6.92 Å². The highest BCUT2D eigenvalue weighted by Gasteiger charge is 2.33. The van der Waals surface area contributed by atoms with Crippen molar-refractivity contribution in [3.05, 3.63) is 30.1 Å². The van der Waals surface area contributed by atoms with E-state index in [1.165, 1.54) is 12.8 Å². The molecule has 0 spiro atoms. The number of nitrogens with one attached hydrogen (secondary N) is 1. The number of pyridine rings is 1. The van der Waals surface area contributed by atoms with Crippen LogP contribution in [-0.4, -0.2) is 60.0 Å². The van der Waals surface area contributed by atoms with Crippen molar-refractivity contribution in [3.63, 3.8) is 0 Å². The monoisotopic (exact) mass is 302 g/mol. The number of piperidine rings is 1. The van der Waals surface area contributed by atoms with Gasteiger partial charge in [0.05, 0.1) is 0 Å². The first-order valence-corrected chi connectivity index (χ1v) is 8.39. The molecule has 2 aliphatic rings. The van der Waals surface area contributed by atoms with Crippen molar-refractivity contribution in [2.45, 2.75) is 25.8 Å². The molecule has 1 aromatic rings. The predicted octanol–water partition coefficient (Wildman–Crippen LogP) is 1.29. The van der Waals surface area contributed by atoms with E-state index >= 15 is 0 Å². The van der Waals surface area contributed by atoms with E-state index < -0.39 is 0 Å². The zero-order valence-corrected chi connectivity index (χ0v) is 13.4. The number of rotatable bonds is 3. The fourth-order valence-electron chi connectivity index (χ4n) is 3.57. The molecule has 22 heavy (non-hydrogen) atoms. The van der Waals surface area contributed by atoms with Crippen LogP contribution in [0.3, 0.4) is 0 Å². The van der Waals surface area contributed by atoms with E-state index in [2.05, 4.69) is 22.1 Å². The van der Waals surface area contributed by atoms with Gasteiger partial charge in [0.2, 0.25) is 5.91 Å². The van der Waals surface area contributed by atoms with E-state index in [1.54, 1.807) is 12.4 Å². The summed E-state index contributed by atoms with van der Waals surface area (Å²) in [4.78, 5) is 21.6. The lowest BCUT2D eigenvalue weighted by molar-refractivity contribution is -0.138. The normalized spacial score (nSPS) is 25.0. The van der Waals surface area contributed by atoms with E-state index in [1.807, 2.05) is 17.0 Å². The third-order valence-corrected chi connectivity index (χ3v) is 4.74. The van der Waals surface area contributed by atoms with Crippen LogP contribution in [0.2, 0.25) is 0 Å². The number of nitrogens with zero attached hydrogens (tertiary/aromatic N) is 3. The van der Waals surface area contributed by atoms with Crippen molar-refractivity contribution in [1.29, 1.82) is 0 Å². The summed E-state index contributed by atoms with van der Waals surface area (Å²) in [6.07, 6.45) is 6.03. The average Bonchev–Trinajstić information content (AvgIpc) is 2.57. The summed E-state index contributed by atoms with van der Waals surface area (Å²) in [5, 5.41) is 3.32. The van der Waals surface area contributed by atoms with Gasteiger partial charge in [-0.2, -0.15) is 0 Å². The van der Waals surface area contributed by atoms with Gasteiger partial charge >= 0.3 is 0 Å². The quantitative estimate of drug-likeness (QED) is 0.914. The summed E-state index contributed by atoms with van der Waals surface area (Å²) in [6.45, 7) is 7.70. The summed E-state index contributed by atoms with van der Waals surface area (Å²) < 4.78 is 0. The number of hydrogen-bond acceptors (Lipinski definition) is 4. The second-order valence-electron chi connectivity index (χ2n) is 6.50. The minimum absolute atomic E-state index is 0.149. The van der Waals surface area contributed by atoms with Crippen LogP contribution in [-0.2, 0) is 4.79 Å². The minimum atomic E-state index is -0.149. The van der Waals surface area contributed by atoms with Crippen LogP contribution in [0, 0.1) is 5.92 Å². The molecule has 2 saturated heterocycles. The highest BCUT2D eigenvalue weighted by atomic mass is 16.2. The first kappa shape index (κ1) is 15.4. The largest absolute Gasteiger partial charge is 0.338 e. The molecule has 3 rings (SSSR count). The van der Waals surface area contributed by atoms with E-state index in [-0.39, 0.29) is 11.9 Å². The van der Waals surface area contributed by atoms with Gasteiger partial charge in [0.15, 0.2) is 0 Å². The minimum Gasteiger partial charge on any atom is -0.338 e. The Bertz CT molecular complexity index is 487. The van der Waals surface area contributed by atoms with Crippen molar-refractivity contribution in [2.24, 2.45) is 5.92 Å². The lowest BCUT2D eigenvalue weighted by atomic mass is 9.95. The van der Waals surface area contributed by atoms with Crippen LogP contribution in [0.25, 0.3) is 0 Å². The second kappa shape index (κ2) is 7.20. The van der Waals surface area contributed by atoms with Gasteiger partial charge in [0.25, 0.3) is 0 Å². The number of piperazine rings is 1. The maximum Gasteiger partial charge on any atom is 0.244 e. The molecule has 3 heterocycles. The topological polar surface area (TPSA) is 48.5 Å². The van der Waals surface area contributed by atoms with Gasteiger partial charge < -0.3 is 10.2 Å². The van der Waals surface area contributed by atoms with Gasteiger partial charge in [-0.05, 0) is 43.0 Å². The van der Waals surface area contributed by atoms with Crippen LogP contribution < -0.4 is 5.32 Å². The number of hydrogen-bond donors (Lipinski definition) is 1. The Morgan fingerprint density at radius 2 is 2.00 bits per heavy atom. The summed E-state index contributed by atoms with van der Waals surface area (Å²) in [7, 11) is 0. The molecule has 1 aromatic heterocycles. The van der Waals surface area contributed by atoms with Crippen molar-refractivity contribution in [1.82, 2.24) is 20.1 Å². The molecule has 5 heteroatoms. The molecule has 1 N–H and O–H groups in total. The van der Waals surface area contributed by atoms with Crippen molar-refractivity contribution in [2.75, 3.05) is 39.3 Å². The Morgan fingerprint density at radius 1 is 1.27 bits per heavy atom. The third kappa shape index (κ3) is 3.47. The molecular formula is C17H26N4O. The van der Waals surface area contributed by atoms with Crippen LogP contribution in [0.4, 0.5) is 0 Å². The van der Waals surface area contributed by atoms with Crippen LogP contribution in [0.5, 0.6) is 0 Å². The number of likely N-dealkylation sites (tertiary alicyclic amines) is 1. The highest BCUT2D eigenvalue weighted by Crippen LogP contribution is 2.28. The lowest BCUT2D eigenvalue weighted by Crippen LogP contribution is -2.52. The SMILES string of the molecule is CC1CCCN(C(C(=O)N2CCNCC2)c2ccncc2)C1. The summed E-state index contributed by atoms with van der Waals surface area (Å²) in [6, 6.07) is 3.83. The molecule has 0 saturated carbocycles. The summed E-state index contributed by atoms with van der Waals surface area (Å²) >= 11 is 0. The average molecular weight is 302 g/mol. The smallest absolute Gasteiger partial charge is 0.244 e. The Morgan fingerprint density at radius 3 is 2.68 bits per heavy atom. The Kier molecular flexibility index (Phi) is 5.05. The first-order chi connectivity index (χ1) is 10.8. The molecule has 1 amide bonds. The second-order valence-corrected chi connectivity index (χ2v) is 6.50. The maximum absolute atomic E-state index is 13.1. The number of amides is 1. The van der Waals surface area contributed by atoms with Crippen LogP contribution in [0.15, 0.2) is 24.5 Å². The predicted molar refractivity (Wildman–Crippen MR) is 86.4 cm³/mol. The van der Waals surface area contributed by atoms with Gasteiger partial charge in [-0.3, -0.25) is 14.7 Å². The Labute approximate surface area is 132 Å². The van der Waals surface area contributed by atoms with Crippen LogP contribution in [0.1, 0.15) is 31.4 Å². The van der Waals surface area contributed by atoms with Crippen LogP contribution >= 0.6 is 0 Å². The molecule has 2 atom stereocenters. The first-order valence-electron chi connectivity index (χ1n) is 8.39. The molecule has 0 aliphatic carbocycles. The molecule has 0 bridgehead atoms. The molecule has 120 valence electrons. The van der Waals surface area contributed by atoms with E-state index in [9.17, 15) is 4.79 Å².